The number of aromatic nitrogens is 2. The van der Waals surface area contributed by atoms with Crippen molar-refractivity contribution in [3.05, 3.63) is 42.1 Å². The lowest BCUT2D eigenvalue weighted by Gasteiger charge is -2.06. The van der Waals surface area contributed by atoms with Crippen molar-refractivity contribution in [2.45, 2.75) is 13.8 Å². The third kappa shape index (κ3) is 3.21. The summed E-state index contributed by atoms with van der Waals surface area (Å²) in [6.07, 6.45) is 1.39. The molecule has 7 heteroatoms. The summed E-state index contributed by atoms with van der Waals surface area (Å²) in [7, 11) is 1.29. The average molecular weight is 339 g/mol. The predicted molar refractivity (Wildman–Crippen MR) is 92.0 cm³/mol. The van der Waals surface area contributed by atoms with Gasteiger partial charge >= 0.3 is 5.97 Å². The van der Waals surface area contributed by atoms with E-state index in [0.29, 0.717) is 11.3 Å². The lowest BCUT2D eigenvalue weighted by atomic mass is 10.1. The SMILES string of the molecule is COC(=O)c1c(-c2ccccc2)oc2ncc(NC(=O)C(C)C)nc12. The zero-order valence-electron chi connectivity index (χ0n) is 14.1. The third-order valence-corrected chi connectivity index (χ3v) is 3.60. The number of fused-ring (bicyclic) bond motifs is 1. The summed E-state index contributed by atoms with van der Waals surface area (Å²) in [6.45, 7) is 3.54. The lowest BCUT2D eigenvalue weighted by Crippen LogP contribution is -2.18. The summed E-state index contributed by atoms with van der Waals surface area (Å²) in [4.78, 5) is 32.6. The maximum atomic E-state index is 12.3. The molecule has 0 bridgehead atoms. The number of anilines is 1. The Labute approximate surface area is 144 Å². The Morgan fingerprint density at radius 1 is 1.20 bits per heavy atom. The molecule has 3 rings (SSSR count). The molecule has 1 amide bonds. The van der Waals surface area contributed by atoms with E-state index in [4.69, 9.17) is 9.15 Å². The molecular weight excluding hydrogens is 322 g/mol. The number of carbonyl (C=O) groups is 2. The highest BCUT2D eigenvalue weighted by atomic mass is 16.5. The first-order chi connectivity index (χ1) is 12.0. The predicted octanol–water partition coefficient (Wildman–Crippen LogP) is 3.27. The molecule has 0 atom stereocenters. The number of methoxy groups -OCH3 is 1. The minimum absolute atomic E-state index is 0.178. The van der Waals surface area contributed by atoms with Crippen molar-refractivity contribution >= 4 is 28.9 Å². The van der Waals surface area contributed by atoms with Gasteiger partial charge in [0.05, 0.1) is 13.3 Å². The van der Waals surface area contributed by atoms with Crippen LogP contribution in [0.4, 0.5) is 5.82 Å². The van der Waals surface area contributed by atoms with Gasteiger partial charge in [0.15, 0.2) is 11.6 Å². The van der Waals surface area contributed by atoms with Gasteiger partial charge in [-0.15, -0.1) is 0 Å². The summed E-state index contributed by atoms with van der Waals surface area (Å²) in [5.74, 6) is -0.410. The maximum Gasteiger partial charge on any atom is 0.344 e. The molecule has 0 aliphatic heterocycles. The Kier molecular flexibility index (Phi) is 4.47. The molecule has 0 spiro atoms. The third-order valence-electron chi connectivity index (χ3n) is 3.60. The Balaban J connectivity index is 2.15. The van der Waals surface area contributed by atoms with Crippen LogP contribution in [-0.2, 0) is 9.53 Å². The van der Waals surface area contributed by atoms with E-state index in [1.807, 2.05) is 30.3 Å². The van der Waals surface area contributed by atoms with Crippen LogP contribution in [0, 0.1) is 5.92 Å². The van der Waals surface area contributed by atoms with Crippen LogP contribution < -0.4 is 5.32 Å². The second-order valence-electron chi connectivity index (χ2n) is 5.72. The monoisotopic (exact) mass is 339 g/mol. The second-order valence-corrected chi connectivity index (χ2v) is 5.72. The van der Waals surface area contributed by atoms with Crippen LogP contribution in [-0.4, -0.2) is 29.0 Å². The van der Waals surface area contributed by atoms with Crippen LogP contribution in [0.2, 0.25) is 0 Å². The molecule has 0 aliphatic carbocycles. The largest absolute Gasteiger partial charge is 0.465 e. The number of esters is 1. The smallest absolute Gasteiger partial charge is 0.344 e. The summed E-state index contributed by atoms with van der Waals surface area (Å²) in [5.41, 5.74) is 1.32. The van der Waals surface area contributed by atoms with Crippen molar-refractivity contribution in [3.8, 4) is 11.3 Å². The molecule has 0 saturated carbocycles. The van der Waals surface area contributed by atoms with Crippen LogP contribution >= 0.6 is 0 Å². The Morgan fingerprint density at radius 3 is 2.56 bits per heavy atom. The Bertz CT molecular complexity index is 932. The lowest BCUT2D eigenvalue weighted by molar-refractivity contribution is -0.118. The summed E-state index contributed by atoms with van der Waals surface area (Å²) >= 11 is 0. The van der Waals surface area contributed by atoms with E-state index in [0.717, 1.165) is 0 Å². The molecule has 3 aromatic rings. The minimum atomic E-state index is -0.584. The first-order valence-electron chi connectivity index (χ1n) is 7.75. The highest BCUT2D eigenvalue weighted by molar-refractivity contribution is 6.07. The first-order valence-corrected chi connectivity index (χ1v) is 7.75. The number of hydrogen-bond acceptors (Lipinski definition) is 6. The molecule has 2 heterocycles. The van der Waals surface area contributed by atoms with E-state index in [1.165, 1.54) is 13.3 Å². The van der Waals surface area contributed by atoms with Crippen molar-refractivity contribution in [2.75, 3.05) is 12.4 Å². The number of carbonyl (C=O) groups excluding carboxylic acids is 2. The van der Waals surface area contributed by atoms with E-state index < -0.39 is 5.97 Å². The number of furan rings is 1. The molecule has 0 saturated heterocycles. The zero-order valence-corrected chi connectivity index (χ0v) is 14.1. The van der Waals surface area contributed by atoms with Crippen LogP contribution in [0.5, 0.6) is 0 Å². The molecule has 1 N–H and O–H groups in total. The molecular formula is C18H17N3O4. The molecule has 0 radical (unpaired) electrons. The fourth-order valence-electron chi connectivity index (χ4n) is 2.29. The van der Waals surface area contributed by atoms with Crippen LogP contribution in [0.15, 0.2) is 40.9 Å². The highest BCUT2D eigenvalue weighted by Crippen LogP contribution is 2.32. The second kappa shape index (κ2) is 6.72. The standard InChI is InChI=1S/C18H17N3O4/c1-10(2)16(22)21-12-9-19-17-14(20-12)13(18(23)24-3)15(25-17)11-7-5-4-6-8-11/h4-10H,1-3H3,(H,20,21,22). The van der Waals surface area contributed by atoms with Gasteiger partial charge < -0.3 is 14.5 Å². The van der Waals surface area contributed by atoms with Crippen molar-refractivity contribution < 1.29 is 18.7 Å². The average Bonchev–Trinajstić information content (AvgIpc) is 3.00. The van der Waals surface area contributed by atoms with Crippen LogP contribution in [0.3, 0.4) is 0 Å². The highest BCUT2D eigenvalue weighted by Gasteiger charge is 2.25. The number of nitrogens with zero attached hydrogens (tertiary/aromatic N) is 2. The Hall–Kier alpha value is -3.22. The van der Waals surface area contributed by atoms with Gasteiger partial charge in [-0.1, -0.05) is 44.2 Å². The quantitative estimate of drug-likeness (QED) is 0.733. The fourth-order valence-corrected chi connectivity index (χ4v) is 2.29. The Morgan fingerprint density at radius 2 is 1.92 bits per heavy atom. The van der Waals surface area contributed by atoms with Gasteiger partial charge in [0, 0.05) is 11.5 Å². The van der Waals surface area contributed by atoms with Gasteiger partial charge in [-0.3, -0.25) is 4.79 Å². The number of rotatable bonds is 4. The summed E-state index contributed by atoms with van der Waals surface area (Å²) < 4.78 is 10.6. The molecule has 0 aliphatic rings. The fraction of sp³-hybridized carbons (Fsp3) is 0.222. The van der Waals surface area contributed by atoms with Crippen LogP contribution in [0.1, 0.15) is 24.2 Å². The topological polar surface area (TPSA) is 94.3 Å². The summed E-state index contributed by atoms with van der Waals surface area (Å²) in [5, 5.41) is 2.66. The molecule has 7 nitrogen and oxygen atoms in total. The van der Waals surface area contributed by atoms with Gasteiger partial charge in [-0.25, -0.2) is 14.8 Å². The molecule has 1 aromatic carbocycles. The molecule has 128 valence electrons. The van der Waals surface area contributed by atoms with E-state index in [-0.39, 0.29) is 34.4 Å². The normalized spacial score (nSPS) is 10.9. The number of amides is 1. The molecule has 0 fully saturated rings. The number of benzene rings is 1. The molecule has 2 aromatic heterocycles. The van der Waals surface area contributed by atoms with E-state index >= 15 is 0 Å². The van der Waals surface area contributed by atoms with Crippen molar-refractivity contribution in [3.63, 3.8) is 0 Å². The number of ether oxygens (including phenoxy) is 1. The first kappa shape index (κ1) is 16.6. The number of hydrogen-bond donors (Lipinski definition) is 1. The van der Waals surface area contributed by atoms with E-state index in [2.05, 4.69) is 15.3 Å². The van der Waals surface area contributed by atoms with Gasteiger partial charge in [0.1, 0.15) is 11.1 Å². The van der Waals surface area contributed by atoms with Gasteiger partial charge in [0.25, 0.3) is 0 Å². The zero-order chi connectivity index (χ0) is 18.0. The molecule has 25 heavy (non-hydrogen) atoms. The number of nitrogens with one attached hydrogen (secondary N) is 1. The summed E-state index contributed by atoms with van der Waals surface area (Å²) in [6, 6.07) is 9.15. The van der Waals surface area contributed by atoms with Gasteiger partial charge in [0.2, 0.25) is 11.6 Å². The van der Waals surface area contributed by atoms with Crippen molar-refractivity contribution in [1.29, 1.82) is 0 Å². The molecule has 0 unspecified atom stereocenters. The van der Waals surface area contributed by atoms with Gasteiger partial charge in [-0.2, -0.15) is 0 Å². The van der Waals surface area contributed by atoms with Crippen LogP contribution in [0.25, 0.3) is 22.6 Å². The van der Waals surface area contributed by atoms with Crippen molar-refractivity contribution in [1.82, 2.24) is 9.97 Å². The van der Waals surface area contributed by atoms with Crippen molar-refractivity contribution in [2.24, 2.45) is 5.92 Å². The van der Waals surface area contributed by atoms with Gasteiger partial charge in [-0.05, 0) is 0 Å². The minimum Gasteiger partial charge on any atom is -0.465 e. The van der Waals surface area contributed by atoms with E-state index in [9.17, 15) is 9.59 Å². The van der Waals surface area contributed by atoms with E-state index in [1.54, 1.807) is 13.8 Å². The maximum absolute atomic E-state index is 12.3.